The second kappa shape index (κ2) is 12.7. The molecule has 0 atom stereocenters. The number of ether oxygens (including phenoxy) is 3. The van der Waals surface area contributed by atoms with E-state index in [1.165, 1.54) is 13.2 Å². The molecule has 0 aliphatic rings. The van der Waals surface area contributed by atoms with Crippen molar-refractivity contribution in [2.24, 2.45) is 5.92 Å². The number of phenols is 1. The van der Waals surface area contributed by atoms with Gasteiger partial charge in [0.1, 0.15) is 29.7 Å². The largest absolute Gasteiger partial charge is 0.507 e. The molecule has 0 bridgehead atoms. The molecule has 1 heterocycles. The molecule has 202 valence electrons. The average molecular weight is 531 g/mol. The van der Waals surface area contributed by atoms with Gasteiger partial charge in [0, 0.05) is 18.1 Å². The molecule has 10 nitrogen and oxygen atoms in total. The first-order valence-corrected chi connectivity index (χ1v) is 12.5. The maximum Gasteiger partial charge on any atom is 0.337 e. The van der Waals surface area contributed by atoms with Crippen molar-refractivity contribution in [2.45, 2.75) is 33.3 Å². The van der Waals surface area contributed by atoms with Crippen LogP contribution in [0.1, 0.15) is 57.1 Å². The Bertz CT molecular complexity index is 1420. The van der Waals surface area contributed by atoms with Crippen LogP contribution in [-0.2, 0) is 24.2 Å². The molecule has 2 N–H and O–H groups in total. The van der Waals surface area contributed by atoms with E-state index in [0.29, 0.717) is 53.8 Å². The molecule has 3 aromatic carbocycles. The van der Waals surface area contributed by atoms with E-state index in [1.54, 1.807) is 54.6 Å². The summed E-state index contributed by atoms with van der Waals surface area (Å²) in [6.07, 6.45) is 1.00. The highest BCUT2D eigenvalue weighted by Gasteiger charge is 2.17. The standard InChI is InChI=1S/C29H30N4O6/c1-18(2)16-38-23-10-11-24(25(34)15-23)28(35)22-8-12-26(21(14-22)9-13-27-30-32-33-31-27)39-17-19-4-6-20(7-5-19)29(36)37-3/h4-8,10-12,14-15,18,34H,9,13,16-17H2,1-3H3,(H,30,31,32,33). The fourth-order valence-electron chi connectivity index (χ4n) is 3.82. The first-order valence-electron chi connectivity index (χ1n) is 12.5. The molecule has 0 saturated carbocycles. The third-order valence-electron chi connectivity index (χ3n) is 5.91. The van der Waals surface area contributed by atoms with Gasteiger partial charge in [-0.15, -0.1) is 5.10 Å². The molecule has 4 aromatic rings. The number of esters is 1. The van der Waals surface area contributed by atoms with Crippen LogP contribution >= 0.6 is 0 Å². The Morgan fingerprint density at radius 3 is 2.38 bits per heavy atom. The van der Waals surface area contributed by atoms with Gasteiger partial charge in [0.05, 0.1) is 24.8 Å². The van der Waals surface area contributed by atoms with Crippen molar-refractivity contribution in [1.82, 2.24) is 20.6 Å². The van der Waals surface area contributed by atoms with Crippen LogP contribution in [0.2, 0.25) is 0 Å². The molecule has 0 spiro atoms. The Hall–Kier alpha value is -4.73. The third kappa shape index (κ3) is 7.19. The summed E-state index contributed by atoms with van der Waals surface area (Å²) in [5.41, 5.74) is 2.67. The van der Waals surface area contributed by atoms with E-state index < -0.39 is 5.97 Å². The predicted octanol–water partition coefficient (Wildman–Crippen LogP) is 4.32. The normalized spacial score (nSPS) is 10.9. The number of methoxy groups -OCH3 is 1. The van der Waals surface area contributed by atoms with Crippen molar-refractivity contribution in [3.63, 3.8) is 0 Å². The molecule has 10 heteroatoms. The van der Waals surface area contributed by atoms with Crippen molar-refractivity contribution in [3.05, 3.63) is 94.3 Å². The quantitative estimate of drug-likeness (QED) is 0.203. The van der Waals surface area contributed by atoms with Gasteiger partial charge in [-0.1, -0.05) is 26.0 Å². The summed E-state index contributed by atoms with van der Waals surface area (Å²) in [7, 11) is 1.34. The number of aromatic amines is 1. The fourth-order valence-corrected chi connectivity index (χ4v) is 3.82. The maximum absolute atomic E-state index is 13.3. The van der Waals surface area contributed by atoms with Crippen molar-refractivity contribution < 1.29 is 28.9 Å². The average Bonchev–Trinajstić information content (AvgIpc) is 3.47. The van der Waals surface area contributed by atoms with Gasteiger partial charge in [-0.2, -0.15) is 0 Å². The zero-order chi connectivity index (χ0) is 27.8. The summed E-state index contributed by atoms with van der Waals surface area (Å²) in [6, 6.07) is 16.8. The fraction of sp³-hybridized carbons (Fsp3) is 0.276. The van der Waals surface area contributed by atoms with Crippen molar-refractivity contribution in [3.8, 4) is 17.2 Å². The molecule has 0 aliphatic carbocycles. The predicted molar refractivity (Wildman–Crippen MR) is 142 cm³/mol. The molecule has 0 amide bonds. The van der Waals surface area contributed by atoms with E-state index >= 15 is 0 Å². The molecule has 1 aromatic heterocycles. The summed E-state index contributed by atoms with van der Waals surface area (Å²) < 4.78 is 16.5. The highest BCUT2D eigenvalue weighted by Crippen LogP contribution is 2.29. The lowest BCUT2D eigenvalue weighted by Gasteiger charge is -2.14. The van der Waals surface area contributed by atoms with Gasteiger partial charge in [-0.3, -0.25) is 4.79 Å². The molecular weight excluding hydrogens is 500 g/mol. The van der Waals surface area contributed by atoms with Crippen LogP contribution in [0.15, 0.2) is 60.7 Å². The van der Waals surface area contributed by atoms with Gasteiger partial charge >= 0.3 is 5.97 Å². The lowest BCUT2D eigenvalue weighted by atomic mass is 9.98. The first-order chi connectivity index (χ1) is 18.8. The minimum absolute atomic E-state index is 0.147. The molecule has 0 aliphatic heterocycles. The number of ketones is 1. The number of hydrogen-bond donors (Lipinski definition) is 2. The van der Waals surface area contributed by atoms with E-state index in [9.17, 15) is 14.7 Å². The van der Waals surface area contributed by atoms with Gasteiger partial charge in [0.25, 0.3) is 0 Å². The van der Waals surface area contributed by atoms with Gasteiger partial charge in [0.15, 0.2) is 5.78 Å². The number of rotatable bonds is 12. The Balaban J connectivity index is 1.54. The minimum atomic E-state index is -0.407. The molecule has 39 heavy (non-hydrogen) atoms. The zero-order valence-corrected chi connectivity index (χ0v) is 22.0. The number of carbonyl (C=O) groups is 2. The molecule has 0 unspecified atom stereocenters. The summed E-state index contributed by atoms with van der Waals surface area (Å²) in [5, 5.41) is 24.4. The van der Waals surface area contributed by atoms with Gasteiger partial charge < -0.3 is 19.3 Å². The molecule has 0 saturated heterocycles. The maximum atomic E-state index is 13.3. The van der Waals surface area contributed by atoms with Crippen LogP contribution in [0.3, 0.4) is 0 Å². The summed E-state index contributed by atoms with van der Waals surface area (Å²) in [5.74, 6) is 1.16. The second-order valence-electron chi connectivity index (χ2n) is 9.36. The van der Waals surface area contributed by atoms with Crippen LogP contribution in [0, 0.1) is 5.92 Å². The van der Waals surface area contributed by atoms with E-state index in [0.717, 1.165) is 11.1 Å². The lowest BCUT2D eigenvalue weighted by molar-refractivity contribution is 0.0600. The van der Waals surface area contributed by atoms with Crippen molar-refractivity contribution in [2.75, 3.05) is 13.7 Å². The van der Waals surface area contributed by atoms with Crippen LogP contribution in [-0.4, -0.2) is 51.2 Å². The molecule has 4 rings (SSSR count). The van der Waals surface area contributed by atoms with Crippen molar-refractivity contribution >= 4 is 11.8 Å². The summed E-state index contributed by atoms with van der Waals surface area (Å²) in [4.78, 5) is 25.0. The molecule has 0 fully saturated rings. The summed E-state index contributed by atoms with van der Waals surface area (Å²) >= 11 is 0. The summed E-state index contributed by atoms with van der Waals surface area (Å²) in [6.45, 7) is 4.82. The highest BCUT2D eigenvalue weighted by molar-refractivity contribution is 6.11. The zero-order valence-electron chi connectivity index (χ0n) is 22.0. The lowest BCUT2D eigenvalue weighted by Crippen LogP contribution is -2.07. The Morgan fingerprint density at radius 2 is 1.72 bits per heavy atom. The number of aromatic nitrogens is 4. The SMILES string of the molecule is COC(=O)c1ccc(COc2ccc(C(=O)c3ccc(OCC(C)C)cc3O)cc2CCc2nnn[nH]2)cc1. The number of benzene rings is 3. The number of phenolic OH excluding ortho intramolecular Hbond substituents is 1. The van der Waals surface area contributed by atoms with Crippen LogP contribution in [0.25, 0.3) is 0 Å². The first kappa shape index (κ1) is 27.3. The van der Waals surface area contributed by atoms with E-state index in [2.05, 4.69) is 20.6 Å². The third-order valence-corrected chi connectivity index (χ3v) is 5.91. The van der Waals surface area contributed by atoms with E-state index in [-0.39, 0.29) is 23.7 Å². The Labute approximate surface area is 225 Å². The number of tetrazole rings is 1. The van der Waals surface area contributed by atoms with Gasteiger partial charge in [-0.25, -0.2) is 9.89 Å². The number of hydrogen-bond acceptors (Lipinski definition) is 9. The topological polar surface area (TPSA) is 137 Å². The molecule has 0 radical (unpaired) electrons. The second-order valence-corrected chi connectivity index (χ2v) is 9.36. The number of aryl methyl sites for hydroxylation is 2. The number of nitrogens with one attached hydrogen (secondary N) is 1. The Morgan fingerprint density at radius 1 is 0.949 bits per heavy atom. The van der Waals surface area contributed by atoms with Crippen molar-refractivity contribution in [1.29, 1.82) is 0 Å². The number of H-pyrrole nitrogens is 1. The van der Waals surface area contributed by atoms with Crippen LogP contribution < -0.4 is 9.47 Å². The number of nitrogens with zero attached hydrogens (tertiary/aromatic N) is 3. The van der Waals surface area contributed by atoms with Crippen LogP contribution in [0.4, 0.5) is 0 Å². The van der Waals surface area contributed by atoms with E-state index in [4.69, 9.17) is 14.2 Å². The highest BCUT2D eigenvalue weighted by atomic mass is 16.5. The smallest absolute Gasteiger partial charge is 0.337 e. The minimum Gasteiger partial charge on any atom is -0.507 e. The van der Waals surface area contributed by atoms with Crippen LogP contribution in [0.5, 0.6) is 17.2 Å². The van der Waals surface area contributed by atoms with Gasteiger partial charge in [0.2, 0.25) is 0 Å². The monoisotopic (exact) mass is 530 g/mol. The Kier molecular flexibility index (Phi) is 8.88. The van der Waals surface area contributed by atoms with Gasteiger partial charge in [-0.05, 0) is 76.4 Å². The molecular formula is C29H30N4O6. The van der Waals surface area contributed by atoms with E-state index in [1.807, 2.05) is 13.8 Å². The number of carbonyl (C=O) groups excluding carboxylic acids is 2. The number of aromatic hydroxyl groups is 1.